The van der Waals surface area contributed by atoms with Crippen LogP contribution in [0, 0.1) is 0 Å². The first-order valence-corrected chi connectivity index (χ1v) is 8.37. The van der Waals surface area contributed by atoms with Crippen molar-refractivity contribution in [2.24, 2.45) is 0 Å². The van der Waals surface area contributed by atoms with Crippen molar-refractivity contribution in [1.82, 2.24) is 0 Å². The van der Waals surface area contributed by atoms with Gasteiger partial charge in [-0.1, -0.05) is 28.1 Å². The zero-order chi connectivity index (χ0) is 16.9. The number of hydrogen-bond acceptors (Lipinski definition) is 5. The maximum absolute atomic E-state index is 6.02. The topological polar surface area (TPSA) is 46.2 Å². The molecule has 1 heterocycles. The van der Waals surface area contributed by atoms with Crippen LogP contribution in [-0.4, -0.2) is 27.4 Å². The zero-order valence-electron chi connectivity index (χ0n) is 13.6. The Balaban J connectivity index is 1.82. The van der Waals surface area contributed by atoms with E-state index in [0.29, 0.717) is 31.3 Å². The van der Waals surface area contributed by atoms with Gasteiger partial charge in [0.15, 0.2) is 6.29 Å². The second-order valence-electron chi connectivity index (χ2n) is 5.23. The first-order chi connectivity index (χ1) is 11.7. The van der Waals surface area contributed by atoms with Crippen LogP contribution < -0.4 is 14.2 Å². The van der Waals surface area contributed by atoms with Gasteiger partial charge < -0.3 is 23.7 Å². The zero-order valence-corrected chi connectivity index (χ0v) is 15.2. The summed E-state index contributed by atoms with van der Waals surface area (Å²) in [5.74, 6) is 2.19. The van der Waals surface area contributed by atoms with Crippen molar-refractivity contribution in [3.63, 3.8) is 0 Å². The van der Waals surface area contributed by atoms with Gasteiger partial charge in [0, 0.05) is 10.5 Å². The molecule has 2 aromatic rings. The molecule has 0 N–H and O–H groups in total. The third-order valence-electron chi connectivity index (χ3n) is 3.71. The van der Waals surface area contributed by atoms with E-state index in [1.807, 2.05) is 36.4 Å². The molecule has 0 aliphatic carbocycles. The maximum atomic E-state index is 6.02. The van der Waals surface area contributed by atoms with Crippen molar-refractivity contribution in [1.29, 1.82) is 0 Å². The number of halogens is 1. The highest BCUT2D eigenvalue weighted by molar-refractivity contribution is 9.10. The minimum absolute atomic E-state index is 0.420. The molecule has 128 valence electrons. The minimum atomic E-state index is -0.434. The molecule has 0 radical (unpaired) electrons. The van der Waals surface area contributed by atoms with Crippen molar-refractivity contribution in [3.05, 3.63) is 52.0 Å². The molecule has 0 amide bonds. The summed E-state index contributed by atoms with van der Waals surface area (Å²) in [4.78, 5) is 0. The molecule has 1 fully saturated rings. The summed E-state index contributed by atoms with van der Waals surface area (Å²) in [7, 11) is 3.27. The predicted octanol–water partition coefficient (Wildman–Crippen LogP) is 4.09. The van der Waals surface area contributed by atoms with Gasteiger partial charge in [-0.2, -0.15) is 0 Å². The lowest BCUT2D eigenvalue weighted by Gasteiger charge is -2.18. The Morgan fingerprint density at radius 3 is 2.29 bits per heavy atom. The summed E-state index contributed by atoms with van der Waals surface area (Å²) < 4.78 is 28.6. The average Bonchev–Trinajstić information content (AvgIpc) is 3.13. The fourth-order valence-electron chi connectivity index (χ4n) is 2.44. The molecule has 1 saturated heterocycles. The SMILES string of the molecule is COc1ccc(COc2cc(OC)cc(Br)c2C2OCCO2)cc1. The predicted molar refractivity (Wildman–Crippen MR) is 92.7 cm³/mol. The largest absolute Gasteiger partial charge is 0.497 e. The van der Waals surface area contributed by atoms with E-state index in [1.165, 1.54) is 0 Å². The molecule has 0 spiro atoms. The molecular weight excluding hydrogens is 376 g/mol. The molecule has 6 heteroatoms. The highest BCUT2D eigenvalue weighted by atomic mass is 79.9. The third-order valence-corrected chi connectivity index (χ3v) is 4.37. The molecule has 24 heavy (non-hydrogen) atoms. The Morgan fingerprint density at radius 2 is 1.67 bits per heavy atom. The van der Waals surface area contributed by atoms with E-state index in [2.05, 4.69) is 15.9 Å². The van der Waals surface area contributed by atoms with Crippen LogP contribution in [0.1, 0.15) is 17.4 Å². The van der Waals surface area contributed by atoms with Gasteiger partial charge in [0.05, 0.1) is 33.0 Å². The van der Waals surface area contributed by atoms with E-state index in [9.17, 15) is 0 Å². The summed E-state index contributed by atoms with van der Waals surface area (Å²) in [6, 6.07) is 11.5. The van der Waals surface area contributed by atoms with Gasteiger partial charge in [-0.15, -0.1) is 0 Å². The molecule has 3 rings (SSSR count). The van der Waals surface area contributed by atoms with E-state index in [-0.39, 0.29) is 0 Å². The van der Waals surface area contributed by atoms with Crippen molar-refractivity contribution < 1.29 is 23.7 Å². The Bertz CT molecular complexity index is 681. The van der Waals surface area contributed by atoms with Crippen LogP contribution in [0.3, 0.4) is 0 Å². The fraction of sp³-hybridized carbons (Fsp3) is 0.333. The fourth-order valence-corrected chi connectivity index (χ4v) is 3.05. The molecule has 1 aliphatic rings. The molecule has 5 nitrogen and oxygen atoms in total. The quantitative estimate of drug-likeness (QED) is 0.738. The van der Waals surface area contributed by atoms with E-state index >= 15 is 0 Å². The first kappa shape index (κ1) is 17.1. The normalized spacial score (nSPS) is 14.6. The summed E-state index contributed by atoms with van der Waals surface area (Å²) in [5.41, 5.74) is 1.87. The van der Waals surface area contributed by atoms with E-state index in [4.69, 9.17) is 23.7 Å². The molecule has 0 atom stereocenters. The van der Waals surface area contributed by atoms with E-state index < -0.39 is 6.29 Å². The van der Waals surface area contributed by atoms with Gasteiger partial charge in [0.25, 0.3) is 0 Å². The van der Waals surface area contributed by atoms with Gasteiger partial charge in [-0.25, -0.2) is 0 Å². The first-order valence-electron chi connectivity index (χ1n) is 7.57. The smallest absolute Gasteiger partial charge is 0.188 e. The standard InChI is InChI=1S/C18H19BrO5/c1-20-13-5-3-12(4-6-13)11-24-16-10-14(21-2)9-15(19)17(16)18-22-7-8-23-18/h3-6,9-10,18H,7-8,11H2,1-2H3. The van der Waals surface area contributed by atoms with Gasteiger partial charge in [-0.05, 0) is 23.8 Å². The van der Waals surface area contributed by atoms with Crippen LogP contribution in [-0.2, 0) is 16.1 Å². The van der Waals surface area contributed by atoms with Crippen LogP contribution in [0.25, 0.3) is 0 Å². The third kappa shape index (κ3) is 3.83. The van der Waals surface area contributed by atoms with Crippen LogP contribution in [0.4, 0.5) is 0 Å². The second-order valence-corrected chi connectivity index (χ2v) is 6.09. The Hall–Kier alpha value is -1.76. The maximum Gasteiger partial charge on any atom is 0.188 e. The highest BCUT2D eigenvalue weighted by Gasteiger charge is 2.26. The molecule has 2 aromatic carbocycles. The number of ether oxygens (including phenoxy) is 5. The molecule has 0 saturated carbocycles. The van der Waals surface area contributed by atoms with E-state index in [1.54, 1.807) is 14.2 Å². The second kappa shape index (κ2) is 7.88. The van der Waals surface area contributed by atoms with Gasteiger partial charge >= 0.3 is 0 Å². The van der Waals surface area contributed by atoms with Gasteiger partial charge in [0.2, 0.25) is 0 Å². The lowest BCUT2D eigenvalue weighted by Crippen LogP contribution is -2.05. The Kier molecular flexibility index (Phi) is 5.60. The monoisotopic (exact) mass is 394 g/mol. The lowest BCUT2D eigenvalue weighted by atomic mass is 10.1. The van der Waals surface area contributed by atoms with Gasteiger partial charge in [-0.3, -0.25) is 0 Å². The van der Waals surface area contributed by atoms with Crippen LogP contribution in [0.15, 0.2) is 40.9 Å². The van der Waals surface area contributed by atoms with Crippen molar-refractivity contribution in [3.8, 4) is 17.2 Å². The van der Waals surface area contributed by atoms with Crippen LogP contribution in [0.5, 0.6) is 17.2 Å². The summed E-state index contributed by atoms with van der Waals surface area (Å²) >= 11 is 3.56. The van der Waals surface area contributed by atoms with Crippen LogP contribution >= 0.6 is 15.9 Å². The Labute approximate surface area is 149 Å². The number of rotatable bonds is 6. The molecule has 0 unspecified atom stereocenters. The molecule has 0 bridgehead atoms. The van der Waals surface area contributed by atoms with Crippen molar-refractivity contribution in [2.45, 2.75) is 12.9 Å². The number of methoxy groups -OCH3 is 2. The minimum Gasteiger partial charge on any atom is -0.497 e. The van der Waals surface area contributed by atoms with Crippen LogP contribution in [0.2, 0.25) is 0 Å². The number of hydrogen-bond donors (Lipinski definition) is 0. The van der Waals surface area contributed by atoms with Crippen molar-refractivity contribution >= 4 is 15.9 Å². The molecular formula is C18H19BrO5. The summed E-state index contributed by atoms with van der Waals surface area (Å²) in [6.45, 7) is 1.56. The molecule has 1 aliphatic heterocycles. The number of benzene rings is 2. The highest BCUT2D eigenvalue weighted by Crippen LogP contribution is 2.40. The average molecular weight is 395 g/mol. The Morgan fingerprint density at radius 1 is 1.00 bits per heavy atom. The summed E-state index contributed by atoms with van der Waals surface area (Å²) in [5, 5.41) is 0. The summed E-state index contributed by atoms with van der Waals surface area (Å²) in [6.07, 6.45) is -0.434. The van der Waals surface area contributed by atoms with Gasteiger partial charge in [0.1, 0.15) is 23.9 Å². The van der Waals surface area contributed by atoms with Crippen molar-refractivity contribution in [2.75, 3.05) is 27.4 Å². The lowest BCUT2D eigenvalue weighted by molar-refractivity contribution is -0.0464. The van der Waals surface area contributed by atoms with E-state index in [0.717, 1.165) is 21.3 Å². The molecule has 0 aromatic heterocycles.